The Morgan fingerprint density at radius 3 is 1.03 bits per heavy atom. The van der Waals surface area contributed by atoms with Crippen molar-refractivity contribution in [2.45, 2.75) is 45.7 Å². The average molecular weight is 405 g/mol. The Hall–Kier alpha value is -2.12. The number of hydrogen-bond donors (Lipinski definition) is 2. The van der Waals surface area contributed by atoms with Crippen molar-refractivity contribution in [2.75, 3.05) is 28.4 Å². The second-order valence-corrected chi connectivity index (χ2v) is 7.64. The lowest BCUT2D eigenvalue weighted by atomic mass is 9.70. The molecule has 29 heavy (non-hydrogen) atoms. The molecule has 0 bridgehead atoms. The van der Waals surface area contributed by atoms with Crippen molar-refractivity contribution in [3.05, 3.63) is 57.6 Å². The molecule has 0 heterocycles. The smallest absolute Gasteiger partial charge is 0.116 e. The number of phenolic OH excluding ortho intramolecular Hbond substituents is 2. The molecular formula is C23H32O6. The van der Waals surface area contributed by atoms with E-state index in [0.717, 1.165) is 33.4 Å². The van der Waals surface area contributed by atoms with Crippen molar-refractivity contribution < 1.29 is 29.2 Å². The van der Waals surface area contributed by atoms with Crippen molar-refractivity contribution in [2.24, 2.45) is 0 Å². The van der Waals surface area contributed by atoms with Gasteiger partial charge in [0.25, 0.3) is 0 Å². The van der Waals surface area contributed by atoms with Gasteiger partial charge in [-0.15, -0.1) is 0 Å². The van der Waals surface area contributed by atoms with E-state index in [2.05, 4.69) is 13.8 Å². The summed E-state index contributed by atoms with van der Waals surface area (Å²) in [6, 6.07) is 6.91. The molecule has 6 nitrogen and oxygen atoms in total. The third kappa shape index (κ3) is 5.08. The topological polar surface area (TPSA) is 77.4 Å². The highest BCUT2D eigenvalue weighted by Gasteiger charge is 2.33. The van der Waals surface area contributed by atoms with Crippen LogP contribution >= 0.6 is 0 Å². The van der Waals surface area contributed by atoms with Gasteiger partial charge in [-0.3, -0.25) is 0 Å². The Balaban J connectivity index is 2.84. The Bertz CT molecular complexity index is 707. The summed E-state index contributed by atoms with van der Waals surface area (Å²) in [5.74, 6) is 0.340. The van der Waals surface area contributed by atoms with Crippen LogP contribution in [0.1, 0.15) is 47.2 Å². The van der Waals surface area contributed by atoms with E-state index in [1.54, 1.807) is 52.7 Å². The summed E-state index contributed by atoms with van der Waals surface area (Å²) in [7, 11) is 6.52. The fraction of sp³-hybridized carbons (Fsp3) is 0.478. The molecule has 0 saturated heterocycles. The SMILES string of the molecule is COCc1cc(O)cc(COC)c1C(C)(C)c1c(COC)cc(O)cc1COC. The van der Waals surface area contributed by atoms with E-state index in [1.807, 2.05) is 0 Å². The first-order chi connectivity index (χ1) is 13.8. The molecule has 0 radical (unpaired) electrons. The van der Waals surface area contributed by atoms with Crippen LogP contribution in [0.5, 0.6) is 11.5 Å². The van der Waals surface area contributed by atoms with Gasteiger partial charge < -0.3 is 29.2 Å². The van der Waals surface area contributed by atoms with E-state index >= 15 is 0 Å². The van der Waals surface area contributed by atoms with Crippen molar-refractivity contribution in [3.8, 4) is 11.5 Å². The zero-order valence-electron chi connectivity index (χ0n) is 18.2. The summed E-state index contributed by atoms with van der Waals surface area (Å²) in [6.07, 6.45) is 0. The first-order valence-electron chi connectivity index (χ1n) is 9.46. The summed E-state index contributed by atoms with van der Waals surface area (Å²) in [6.45, 7) is 5.62. The third-order valence-electron chi connectivity index (χ3n) is 5.02. The number of benzene rings is 2. The Morgan fingerprint density at radius 2 is 0.828 bits per heavy atom. The van der Waals surface area contributed by atoms with Crippen LogP contribution < -0.4 is 0 Å². The number of rotatable bonds is 10. The normalized spacial score (nSPS) is 11.8. The maximum absolute atomic E-state index is 10.2. The van der Waals surface area contributed by atoms with Crippen LogP contribution in [-0.2, 0) is 50.8 Å². The lowest BCUT2D eigenvalue weighted by Gasteiger charge is -2.35. The van der Waals surface area contributed by atoms with Gasteiger partial charge in [0.2, 0.25) is 0 Å². The Morgan fingerprint density at radius 1 is 0.586 bits per heavy atom. The van der Waals surface area contributed by atoms with E-state index in [1.165, 1.54) is 0 Å². The van der Waals surface area contributed by atoms with Gasteiger partial charge in [-0.2, -0.15) is 0 Å². The van der Waals surface area contributed by atoms with Crippen LogP contribution in [-0.4, -0.2) is 38.7 Å². The molecule has 2 aromatic carbocycles. The van der Waals surface area contributed by atoms with Gasteiger partial charge in [0, 0.05) is 33.9 Å². The first kappa shape index (κ1) is 23.2. The van der Waals surface area contributed by atoms with Crippen LogP contribution in [0, 0.1) is 0 Å². The minimum absolute atomic E-state index is 0.170. The van der Waals surface area contributed by atoms with Crippen LogP contribution in [0.15, 0.2) is 24.3 Å². The molecular weight excluding hydrogens is 372 g/mol. The number of ether oxygens (including phenoxy) is 4. The van der Waals surface area contributed by atoms with Gasteiger partial charge in [-0.05, 0) is 57.6 Å². The molecule has 0 aliphatic heterocycles. The van der Waals surface area contributed by atoms with Crippen LogP contribution in [0.3, 0.4) is 0 Å². The van der Waals surface area contributed by atoms with Gasteiger partial charge in [-0.1, -0.05) is 13.8 Å². The van der Waals surface area contributed by atoms with E-state index in [9.17, 15) is 10.2 Å². The standard InChI is InChI=1S/C23H32O6/c1-23(2,21-15(11-26-3)7-19(24)8-16(21)12-27-4)22-17(13-28-5)9-20(25)10-18(22)14-29-6/h7-10,24-25H,11-14H2,1-6H3. The van der Waals surface area contributed by atoms with Crippen molar-refractivity contribution in [1.82, 2.24) is 0 Å². The van der Waals surface area contributed by atoms with Crippen LogP contribution in [0.4, 0.5) is 0 Å². The second kappa shape index (κ2) is 10.1. The molecule has 0 saturated carbocycles. The highest BCUT2D eigenvalue weighted by Crippen LogP contribution is 2.43. The highest BCUT2D eigenvalue weighted by molar-refractivity contribution is 5.55. The van der Waals surface area contributed by atoms with Crippen molar-refractivity contribution in [1.29, 1.82) is 0 Å². The van der Waals surface area contributed by atoms with Gasteiger partial charge in [-0.25, -0.2) is 0 Å². The molecule has 2 aromatic rings. The molecule has 2 N–H and O–H groups in total. The quantitative estimate of drug-likeness (QED) is 0.623. The van der Waals surface area contributed by atoms with E-state index in [4.69, 9.17) is 18.9 Å². The number of methoxy groups -OCH3 is 4. The minimum Gasteiger partial charge on any atom is -0.508 e. The summed E-state index contributed by atoms with van der Waals surface area (Å²) < 4.78 is 21.7. The molecule has 0 atom stereocenters. The van der Waals surface area contributed by atoms with E-state index in [-0.39, 0.29) is 11.5 Å². The molecule has 0 aliphatic rings. The van der Waals surface area contributed by atoms with E-state index < -0.39 is 5.41 Å². The molecule has 160 valence electrons. The fourth-order valence-corrected chi connectivity index (χ4v) is 4.31. The van der Waals surface area contributed by atoms with Gasteiger partial charge >= 0.3 is 0 Å². The minimum atomic E-state index is -0.509. The molecule has 0 fully saturated rings. The molecule has 0 spiro atoms. The van der Waals surface area contributed by atoms with Crippen molar-refractivity contribution >= 4 is 0 Å². The van der Waals surface area contributed by atoms with E-state index in [0.29, 0.717) is 26.4 Å². The largest absolute Gasteiger partial charge is 0.508 e. The maximum Gasteiger partial charge on any atom is 0.116 e. The molecule has 6 heteroatoms. The number of aromatic hydroxyl groups is 2. The Kier molecular flexibility index (Phi) is 8.05. The average Bonchev–Trinajstić information content (AvgIpc) is 2.61. The molecule has 2 rings (SSSR count). The lowest BCUT2D eigenvalue weighted by molar-refractivity contribution is 0.173. The monoisotopic (exact) mass is 404 g/mol. The maximum atomic E-state index is 10.2. The Labute approximate surface area is 173 Å². The fourth-order valence-electron chi connectivity index (χ4n) is 4.31. The highest BCUT2D eigenvalue weighted by atomic mass is 16.5. The molecule has 0 aromatic heterocycles. The van der Waals surface area contributed by atoms with Crippen molar-refractivity contribution in [3.63, 3.8) is 0 Å². The van der Waals surface area contributed by atoms with Crippen LogP contribution in [0.25, 0.3) is 0 Å². The summed E-state index contributed by atoms with van der Waals surface area (Å²) in [5.41, 5.74) is 5.03. The predicted molar refractivity (Wildman–Crippen MR) is 111 cm³/mol. The van der Waals surface area contributed by atoms with Gasteiger partial charge in [0.15, 0.2) is 0 Å². The summed E-state index contributed by atoms with van der Waals surface area (Å²) >= 11 is 0. The molecule has 0 aliphatic carbocycles. The molecule has 0 unspecified atom stereocenters. The summed E-state index contributed by atoms with van der Waals surface area (Å²) in [4.78, 5) is 0. The van der Waals surface area contributed by atoms with Gasteiger partial charge in [0.1, 0.15) is 11.5 Å². The third-order valence-corrected chi connectivity index (χ3v) is 5.02. The zero-order valence-corrected chi connectivity index (χ0v) is 18.2. The number of hydrogen-bond acceptors (Lipinski definition) is 6. The first-order valence-corrected chi connectivity index (χ1v) is 9.46. The molecule has 0 amide bonds. The second-order valence-electron chi connectivity index (χ2n) is 7.64. The zero-order chi connectivity index (χ0) is 21.6. The van der Waals surface area contributed by atoms with Crippen LogP contribution in [0.2, 0.25) is 0 Å². The predicted octanol–water partition coefficient (Wildman–Crippen LogP) is 4.01. The van der Waals surface area contributed by atoms with Gasteiger partial charge in [0.05, 0.1) is 26.4 Å². The number of phenols is 2. The summed E-state index contributed by atoms with van der Waals surface area (Å²) in [5, 5.41) is 20.5. The lowest BCUT2D eigenvalue weighted by Crippen LogP contribution is -2.27.